The largest absolute Gasteiger partial charge is 0.335 e. The summed E-state index contributed by atoms with van der Waals surface area (Å²) in [7, 11) is -2.03. The minimum Gasteiger partial charge on any atom is -0.335 e. The summed E-state index contributed by atoms with van der Waals surface area (Å²) in [5.74, 6) is 0.167. The van der Waals surface area contributed by atoms with Crippen molar-refractivity contribution in [3.63, 3.8) is 0 Å². The molecule has 5 nitrogen and oxygen atoms in total. The molecule has 0 fully saturated rings. The monoisotopic (exact) mass is 392 g/mol. The molecule has 0 saturated carbocycles. The number of aryl methyl sites for hydroxylation is 1. The highest BCUT2D eigenvalue weighted by Crippen LogP contribution is 2.35. The Hall–Kier alpha value is -1.70. The summed E-state index contributed by atoms with van der Waals surface area (Å²) < 4.78 is 25.8. The van der Waals surface area contributed by atoms with Crippen molar-refractivity contribution >= 4 is 27.3 Å². The van der Waals surface area contributed by atoms with Crippen LogP contribution in [0.3, 0.4) is 0 Å². The molecule has 0 bridgehead atoms. The lowest BCUT2D eigenvalue weighted by Gasteiger charge is -2.35. The molecule has 1 aromatic carbocycles. The lowest BCUT2D eigenvalue weighted by molar-refractivity contribution is -0.134. The van der Waals surface area contributed by atoms with E-state index >= 15 is 0 Å². The number of sulfonamides is 1. The van der Waals surface area contributed by atoms with Crippen molar-refractivity contribution in [1.82, 2.24) is 9.62 Å². The van der Waals surface area contributed by atoms with Crippen LogP contribution < -0.4 is 4.72 Å². The maximum Gasteiger partial charge on any atom is 0.240 e. The van der Waals surface area contributed by atoms with Crippen LogP contribution in [0.25, 0.3) is 0 Å². The molecule has 1 aliphatic heterocycles. The SMILES string of the molecule is CC[C@H]1c2ccsc2CCN1C(=O)CCc1ccc(S(=O)(=O)NC)cc1. The van der Waals surface area contributed by atoms with Crippen LogP contribution in [0.15, 0.2) is 40.6 Å². The Morgan fingerprint density at radius 3 is 2.65 bits per heavy atom. The Morgan fingerprint density at radius 2 is 2.00 bits per heavy atom. The first-order valence-electron chi connectivity index (χ1n) is 8.84. The number of carbonyl (C=O) groups is 1. The second kappa shape index (κ2) is 7.90. The summed E-state index contributed by atoms with van der Waals surface area (Å²) in [5.41, 5.74) is 2.27. The van der Waals surface area contributed by atoms with E-state index < -0.39 is 10.0 Å². The first kappa shape index (κ1) is 19.1. The van der Waals surface area contributed by atoms with Crippen molar-refractivity contribution in [2.45, 2.75) is 43.5 Å². The van der Waals surface area contributed by atoms with Crippen molar-refractivity contribution in [1.29, 1.82) is 0 Å². The number of benzene rings is 1. The van der Waals surface area contributed by atoms with Gasteiger partial charge < -0.3 is 4.90 Å². The zero-order chi connectivity index (χ0) is 18.7. The van der Waals surface area contributed by atoms with E-state index in [0.29, 0.717) is 12.8 Å². The number of nitrogens with zero attached hydrogens (tertiary/aromatic N) is 1. The second-order valence-electron chi connectivity index (χ2n) is 6.41. The first-order chi connectivity index (χ1) is 12.5. The van der Waals surface area contributed by atoms with E-state index in [2.05, 4.69) is 23.1 Å². The molecule has 2 aromatic rings. The van der Waals surface area contributed by atoms with Gasteiger partial charge in [0.2, 0.25) is 15.9 Å². The predicted molar refractivity (Wildman–Crippen MR) is 104 cm³/mol. The molecule has 1 amide bonds. The summed E-state index contributed by atoms with van der Waals surface area (Å²) in [4.78, 5) is 16.4. The Bertz CT molecular complexity index is 872. The van der Waals surface area contributed by atoms with E-state index in [1.54, 1.807) is 35.6 Å². The lowest BCUT2D eigenvalue weighted by atomic mass is 9.97. The Morgan fingerprint density at radius 1 is 1.27 bits per heavy atom. The topological polar surface area (TPSA) is 66.5 Å². The number of thiophene rings is 1. The van der Waals surface area contributed by atoms with Crippen molar-refractivity contribution in [3.05, 3.63) is 51.7 Å². The average Bonchev–Trinajstić information content (AvgIpc) is 3.14. The van der Waals surface area contributed by atoms with E-state index in [-0.39, 0.29) is 16.8 Å². The number of rotatable bonds is 6. The van der Waals surface area contributed by atoms with Gasteiger partial charge in [-0.15, -0.1) is 11.3 Å². The quantitative estimate of drug-likeness (QED) is 0.821. The lowest BCUT2D eigenvalue weighted by Crippen LogP contribution is -2.39. The average molecular weight is 393 g/mol. The van der Waals surface area contributed by atoms with Gasteiger partial charge in [0.25, 0.3) is 0 Å². The van der Waals surface area contributed by atoms with Crippen LogP contribution in [-0.2, 0) is 27.7 Å². The molecule has 2 heterocycles. The van der Waals surface area contributed by atoms with Gasteiger partial charge in [-0.2, -0.15) is 0 Å². The molecule has 1 atom stereocenters. The third-order valence-electron chi connectivity index (χ3n) is 4.93. The molecule has 140 valence electrons. The fourth-order valence-corrected chi connectivity index (χ4v) is 5.14. The maximum atomic E-state index is 12.8. The maximum absolute atomic E-state index is 12.8. The summed E-state index contributed by atoms with van der Waals surface area (Å²) in [5, 5.41) is 2.11. The molecule has 1 aromatic heterocycles. The molecule has 0 saturated heterocycles. The van der Waals surface area contributed by atoms with Crippen LogP contribution in [0.4, 0.5) is 0 Å². The molecule has 0 spiro atoms. The molecule has 7 heteroatoms. The van der Waals surface area contributed by atoms with Crippen LogP contribution in [0.1, 0.15) is 41.8 Å². The Labute approximate surface area is 159 Å². The normalized spacial score (nSPS) is 17.2. The highest BCUT2D eigenvalue weighted by molar-refractivity contribution is 7.89. The van der Waals surface area contributed by atoms with Gasteiger partial charge in [-0.3, -0.25) is 4.79 Å². The molecule has 1 N–H and O–H groups in total. The third kappa shape index (κ3) is 3.84. The highest BCUT2D eigenvalue weighted by atomic mass is 32.2. The van der Waals surface area contributed by atoms with Gasteiger partial charge >= 0.3 is 0 Å². The van der Waals surface area contributed by atoms with E-state index in [1.807, 2.05) is 4.90 Å². The van der Waals surface area contributed by atoms with Gasteiger partial charge in [-0.25, -0.2) is 13.1 Å². The fourth-order valence-electron chi connectivity index (χ4n) is 3.48. The molecule has 0 radical (unpaired) electrons. The second-order valence-corrected chi connectivity index (χ2v) is 9.30. The van der Waals surface area contributed by atoms with Crippen LogP contribution in [0, 0.1) is 0 Å². The standard InChI is InChI=1S/C19H24N2O3S2/c1-3-17-16-11-13-25-18(16)10-12-21(17)19(22)9-6-14-4-7-15(8-5-14)26(23,24)20-2/h4-5,7-8,11,13,17,20H,3,6,9-10,12H2,1-2H3/t17-/m0/s1. The van der Waals surface area contributed by atoms with Gasteiger partial charge in [0, 0.05) is 17.8 Å². The van der Waals surface area contributed by atoms with Crippen LogP contribution in [0.2, 0.25) is 0 Å². The van der Waals surface area contributed by atoms with Gasteiger partial charge in [-0.1, -0.05) is 19.1 Å². The third-order valence-corrected chi connectivity index (χ3v) is 7.36. The zero-order valence-electron chi connectivity index (χ0n) is 15.1. The van der Waals surface area contributed by atoms with Gasteiger partial charge in [0.1, 0.15) is 0 Å². The zero-order valence-corrected chi connectivity index (χ0v) is 16.7. The van der Waals surface area contributed by atoms with E-state index in [4.69, 9.17) is 0 Å². The molecule has 0 unspecified atom stereocenters. The number of nitrogens with one attached hydrogen (secondary N) is 1. The van der Waals surface area contributed by atoms with Gasteiger partial charge in [0.15, 0.2) is 0 Å². The van der Waals surface area contributed by atoms with Crippen LogP contribution in [0.5, 0.6) is 0 Å². The highest BCUT2D eigenvalue weighted by Gasteiger charge is 2.29. The van der Waals surface area contributed by atoms with Crippen molar-refractivity contribution in [2.75, 3.05) is 13.6 Å². The van der Waals surface area contributed by atoms with E-state index in [1.165, 1.54) is 17.5 Å². The van der Waals surface area contributed by atoms with E-state index in [0.717, 1.165) is 24.9 Å². The Balaban J connectivity index is 1.64. The summed E-state index contributed by atoms with van der Waals surface area (Å²) in [6, 6.07) is 9.05. The molecule has 1 aliphatic rings. The molecule has 3 rings (SSSR count). The summed E-state index contributed by atoms with van der Waals surface area (Å²) in [6.07, 6.45) is 2.91. The number of carbonyl (C=O) groups excluding carboxylic acids is 1. The summed E-state index contributed by atoms with van der Waals surface area (Å²) in [6.45, 7) is 2.91. The predicted octanol–water partition coefficient (Wildman–Crippen LogP) is 3.12. The first-order valence-corrected chi connectivity index (χ1v) is 11.2. The molecular weight excluding hydrogens is 368 g/mol. The van der Waals surface area contributed by atoms with Gasteiger partial charge in [-0.05, 0) is 61.0 Å². The summed E-state index contributed by atoms with van der Waals surface area (Å²) >= 11 is 1.78. The smallest absolute Gasteiger partial charge is 0.240 e. The minimum absolute atomic E-state index is 0.167. The number of fused-ring (bicyclic) bond motifs is 1. The van der Waals surface area contributed by atoms with Gasteiger partial charge in [0.05, 0.1) is 10.9 Å². The van der Waals surface area contributed by atoms with Crippen LogP contribution in [-0.4, -0.2) is 32.8 Å². The van der Waals surface area contributed by atoms with Crippen molar-refractivity contribution in [2.24, 2.45) is 0 Å². The van der Waals surface area contributed by atoms with E-state index in [9.17, 15) is 13.2 Å². The number of hydrogen-bond donors (Lipinski definition) is 1. The van der Waals surface area contributed by atoms with Crippen molar-refractivity contribution in [3.8, 4) is 0 Å². The molecule has 26 heavy (non-hydrogen) atoms. The molecular formula is C19H24N2O3S2. The minimum atomic E-state index is -3.42. The number of hydrogen-bond acceptors (Lipinski definition) is 4. The van der Waals surface area contributed by atoms with Crippen LogP contribution >= 0.6 is 11.3 Å². The Kier molecular flexibility index (Phi) is 5.79. The number of amides is 1. The van der Waals surface area contributed by atoms with Crippen molar-refractivity contribution < 1.29 is 13.2 Å². The molecule has 0 aliphatic carbocycles. The fraction of sp³-hybridized carbons (Fsp3) is 0.421.